The van der Waals surface area contributed by atoms with Crippen LogP contribution in [-0.2, 0) is 17.1 Å². The van der Waals surface area contributed by atoms with Gasteiger partial charge in [0.2, 0.25) is 0 Å². The molecule has 2 N–H and O–H groups in total. The van der Waals surface area contributed by atoms with Crippen LogP contribution < -0.4 is 4.72 Å². The Morgan fingerprint density at radius 2 is 1.32 bits per heavy atom. The molecule has 1 aromatic heterocycles. The summed E-state index contributed by atoms with van der Waals surface area (Å²) in [5.74, 6) is 1.11. The number of hydrogen-bond acceptors (Lipinski definition) is 4. The zero-order valence-corrected chi connectivity index (χ0v) is 18.5. The van der Waals surface area contributed by atoms with Gasteiger partial charge in [0, 0.05) is 25.3 Å². The van der Waals surface area contributed by atoms with E-state index in [4.69, 9.17) is 10.1 Å². The SMILES string of the molecule is CO.Cc1ccc(S(=O)(=O)Nc2c(-c3ccccc3)nc(-c3ccccc3)n2C)cc1. The number of hydrogen-bond donors (Lipinski definition) is 2. The molecule has 0 unspecified atom stereocenters. The molecule has 0 aliphatic heterocycles. The molecular weight excluding hydrogens is 410 g/mol. The zero-order chi connectivity index (χ0) is 22.4. The predicted molar refractivity (Wildman–Crippen MR) is 124 cm³/mol. The van der Waals surface area contributed by atoms with Crippen molar-refractivity contribution in [3.63, 3.8) is 0 Å². The maximum Gasteiger partial charge on any atom is 0.263 e. The molecule has 31 heavy (non-hydrogen) atoms. The number of nitrogens with zero attached hydrogens (tertiary/aromatic N) is 2. The van der Waals surface area contributed by atoms with E-state index in [1.54, 1.807) is 28.8 Å². The van der Waals surface area contributed by atoms with E-state index in [9.17, 15) is 8.42 Å². The minimum atomic E-state index is -3.76. The molecule has 0 aliphatic rings. The van der Waals surface area contributed by atoms with Gasteiger partial charge in [-0.3, -0.25) is 4.72 Å². The van der Waals surface area contributed by atoms with Gasteiger partial charge in [-0.1, -0.05) is 78.4 Å². The van der Waals surface area contributed by atoms with Gasteiger partial charge in [-0.05, 0) is 19.1 Å². The first-order valence-electron chi connectivity index (χ1n) is 9.67. The highest BCUT2D eigenvalue weighted by molar-refractivity contribution is 7.92. The molecule has 0 spiro atoms. The molecule has 1 heterocycles. The number of nitrogens with one attached hydrogen (secondary N) is 1. The minimum Gasteiger partial charge on any atom is -0.400 e. The molecule has 0 aliphatic carbocycles. The first kappa shape index (κ1) is 22.3. The Hall–Kier alpha value is -3.42. The molecule has 4 rings (SSSR count). The molecule has 0 atom stereocenters. The van der Waals surface area contributed by atoms with E-state index in [1.807, 2.05) is 74.6 Å². The second-order valence-electron chi connectivity index (χ2n) is 6.84. The van der Waals surface area contributed by atoms with Crippen LogP contribution in [0.3, 0.4) is 0 Å². The van der Waals surface area contributed by atoms with Crippen LogP contribution in [-0.4, -0.2) is 30.2 Å². The number of aryl methyl sites for hydroxylation is 1. The molecule has 0 saturated heterocycles. The van der Waals surface area contributed by atoms with Crippen LogP contribution in [0, 0.1) is 6.92 Å². The Morgan fingerprint density at radius 1 is 0.806 bits per heavy atom. The fraction of sp³-hybridized carbons (Fsp3) is 0.125. The van der Waals surface area contributed by atoms with E-state index in [1.165, 1.54) is 0 Å². The van der Waals surface area contributed by atoms with Crippen LogP contribution in [0.1, 0.15) is 5.56 Å². The molecule has 4 aromatic rings. The second-order valence-corrected chi connectivity index (χ2v) is 8.52. The highest BCUT2D eigenvalue weighted by Crippen LogP contribution is 2.33. The topological polar surface area (TPSA) is 84.2 Å². The fourth-order valence-corrected chi connectivity index (χ4v) is 4.26. The minimum absolute atomic E-state index is 0.213. The summed E-state index contributed by atoms with van der Waals surface area (Å²) in [5.41, 5.74) is 3.34. The number of benzene rings is 3. The third-order valence-electron chi connectivity index (χ3n) is 4.74. The van der Waals surface area contributed by atoms with Crippen molar-refractivity contribution in [2.45, 2.75) is 11.8 Å². The summed E-state index contributed by atoms with van der Waals surface area (Å²) in [6, 6.07) is 26.1. The van der Waals surface area contributed by atoms with Crippen molar-refractivity contribution in [3.05, 3.63) is 90.5 Å². The monoisotopic (exact) mass is 435 g/mol. The van der Waals surface area contributed by atoms with Gasteiger partial charge < -0.3 is 9.67 Å². The van der Waals surface area contributed by atoms with Gasteiger partial charge in [-0.15, -0.1) is 0 Å². The molecule has 0 bridgehead atoms. The molecular formula is C24H25N3O3S. The van der Waals surface area contributed by atoms with E-state index < -0.39 is 10.0 Å². The first-order chi connectivity index (χ1) is 15.0. The molecule has 160 valence electrons. The number of rotatable bonds is 5. The summed E-state index contributed by atoms with van der Waals surface area (Å²) >= 11 is 0. The summed E-state index contributed by atoms with van der Waals surface area (Å²) in [4.78, 5) is 4.99. The second kappa shape index (κ2) is 9.59. The summed E-state index contributed by atoms with van der Waals surface area (Å²) in [6.07, 6.45) is 0. The number of aromatic nitrogens is 2. The zero-order valence-electron chi connectivity index (χ0n) is 17.6. The van der Waals surface area contributed by atoms with Crippen molar-refractivity contribution in [1.29, 1.82) is 0 Å². The smallest absolute Gasteiger partial charge is 0.263 e. The molecule has 7 heteroatoms. The normalized spacial score (nSPS) is 10.8. The van der Waals surface area contributed by atoms with Crippen molar-refractivity contribution in [1.82, 2.24) is 9.55 Å². The van der Waals surface area contributed by atoms with Crippen LogP contribution in [0.2, 0.25) is 0 Å². The average Bonchev–Trinajstić information content (AvgIpc) is 3.12. The van der Waals surface area contributed by atoms with Crippen LogP contribution in [0.15, 0.2) is 89.8 Å². The summed E-state index contributed by atoms with van der Waals surface area (Å²) in [6.45, 7) is 1.92. The van der Waals surface area contributed by atoms with E-state index >= 15 is 0 Å². The number of anilines is 1. The van der Waals surface area contributed by atoms with Gasteiger partial charge in [0.15, 0.2) is 0 Å². The quantitative estimate of drug-likeness (QED) is 0.484. The molecule has 0 radical (unpaired) electrons. The lowest BCUT2D eigenvalue weighted by molar-refractivity contribution is 0.399. The lowest BCUT2D eigenvalue weighted by Gasteiger charge is -2.12. The Kier molecular flexibility index (Phi) is 6.89. The van der Waals surface area contributed by atoms with Gasteiger partial charge in [0.25, 0.3) is 10.0 Å². The maximum atomic E-state index is 13.0. The van der Waals surface area contributed by atoms with Crippen molar-refractivity contribution in [3.8, 4) is 22.6 Å². The van der Waals surface area contributed by atoms with E-state index in [0.29, 0.717) is 17.3 Å². The van der Waals surface area contributed by atoms with Gasteiger partial charge in [0.05, 0.1) is 4.90 Å². The maximum absolute atomic E-state index is 13.0. The number of sulfonamides is 1. The van der Waals surface area contributed by atoms with Gasteiger partial charge in [-0.2, -0.15) is 0 Å². The van der Waals surface area contributed by atoms with Crippen molar-refractivity contribution < 1.29 is 13.5 Å². The Morgan fingerprint density at radius 3 is 1.87 bits per heavy atom. The standard InChI is InChI=1S/C23H21N3O2S.CH4O/c1-17-13-15-20(16-14-17)29(27,28)25-23-21(18-9-5-3-6-10-18)24-22(26(23)2)19-11-7-4-8-12-19;1-2/h3-16,25H,1-2H3;2H,1H3. The largest absolute Gasteiger partial charge is 0.400 e. The third kappa shape index (κ3) is 4.84. The lowest BCUT2D eigenvalue weighted by Crippen LogP contribution is -2.16. The highest BCUT2D eigenvalue weighted by Gasteiger charge is 2.23. The highest BCUT2D eigenvalue weighted by atomic mass is 32.2. The number of aliphatic hydroxyl groups is 1. The van der Waals surface area contributed by atoms with Crippen molar-refractivity contribution >= 4 is 15.8 Å². The third-order valence-corrected chi connectivity index (χ3v) is 6.09. The summed E-state index contributed by atoms with van der Waals surface area (Å²) in [7, 11) is -0.949. The first-order valence-corrected chi connectivity index (χ1v) is 11.2. The van der Waals surface area contributed by atoms with E-state index in [0.717, 1.165) is 23.8 Å². The Balaban J connectivity index is 0.00000132. The summed E-state index contributed by atoms with van der Waals surface area (Å²) < 4.78 is 30.6. The summed E-state index contributed by atoms with van der Waals surface area (Å²) in [5, 5.41) is 7.00. The van der Waals surface area contributed by atoms with Crippen molar-refractivity contribution in [2.24, 2.45) is 7.05 Å². The van der Waals surface area contributed by atoms with Crippen LogP contribution >= 0.6 is 0 Å². The number of aliphatic hydroxyl groups excluding tert-OH is 1. The van der Waals surface area contributed by atoms with Gasteiger partial charge in [-0.25, -0.2) is 13.4 Å². The molecule has 6 nitrogen and oxygen atoms in total. The Labute approximate surface area is 182 Å². The molecule has 0 saturated carbocycles. The predicted octanol–water partition coefficient (Wildman–Crippen LogP) is 4.47. The van der Waals surface area contributed by atoms with Crippen LogP contribution in [0.25, 0.3) is 22.6 Å². The van der Waals surface area contributed by atoms with Gasteiger partial charge in [0.1, 0.15) is 17.3 Å². The number of imidazole rings is 1. The Bertz CT molecular complexity index is 1230. The lowest BCUT2D eigenvalue weighted by atomic mass is 10.1. The van der Waals surface area contributed by atoms with Crippen LogP contribution in [0.5, 0.6) is 0 Å². The molecule has 0 fully saturated rings. The molecule has 0 amide bonds. The molecule has 3 aromatic carbocycles. The van der Waals surface area contributed by atoms with Gasteiger partial charge >= 0.3 is 0 Å². The van der Waals surface area contributed by atoms with E-state index in [-0.39, 0.29) is 4.90 Å². The van der Waals surface area contributed by atoms with Crippen LogP contribution in [0.4, 0.5) is 5.82 Å². The average molecular weight is 436 g/mol. The van der Waals surface area contributed by atoms with E-state index in [2.05, 4.69) is 4.72 Å². The fourth-order valence-electron chi connectivity index (χ4n) is 3.16. The van der Waals surface area contributed by atoms with Crippen molar-refractivity contribution in [2.75, 3.05) is 11.8 Å².